The molecule has 0 aliphatic heterocycles. The number of nitrogens with zero attached hydrogens (tertiary/aromatic N) is 2. The summed E-state index contributed by atoms with van der Waals surface area (Å²) in [6, 6.07) is 7.48. The van der Waals surface area contributed by atoms with Gasteiger partial charge in [-0.3, -0.25) is 9.48 Å². The number of halogens is 1. The number of rotatable bonds is 3. The smallest absolute Gasteiger partial charge is 0.224 e. The van der Waals surface area contributed by atoms with E-state index in [1.165, 1.54) is 5.69 Å². The van der Waals surface area contributed by atoms with E-state index in [2.05, 4.69) is 10.4 Å². The third-order valence-corrected chi connectivity index (χ3v) is 4.24. The molecule has 0 radical (unpaired) electrons. The molecule has 1 aromatic heterocycles. The minimum Gasteiger partial charge on any atom is -0.349 e. The molecule has 0 saturated carbocycles. The second kappa shape index (κ2) is 5.90. The Morgan fingerprint density at radius 3 is 2.95 bits per heavy atom. The molecule has 1 N–H and O–H groups in total. The van der Waals surface area contributed by atoms with Gasteiger partial charge in [-0.25, -0.2) is 0 Å². The Morgan fingerprint density at radius 2 is 2.19 bits per heavy atom. The summed E-state index contributed by atoms with van der Waals surface area (Å²) in [5, 5.41) is 8.11. The van der Waals surface area contributed by atoms with Crippen LogP contribution in [0.15, 0.2) is 30.5 Å². The van der Waals surface area contributed by atoms with Crippen LogP contribution in [-0.2, 0) is 24.7 Å². The Kier molecular flexibility index (Phi) is 3.97. The second-order valence-corrected chi connectivity index (χ2v) is 5.92. The van der Waals surface area contributed by atoms with E-state index in [0.717, 1.165) is 30.4 Å². The van der Waals surface area contributed by atoms with Gasteiger partial charge in [0, 0.05) is 23.3 Å². The molecule has 1 aliphatic carbocycles. The van der Waals surface area contributed by atoms with Gasteiger partial charge in [0.25, 0.3) is 0 Å². The van der Waals surface area contributed by atoms with Crippen LogP contribution >= 0.6 is 11.6 Å². The van der Waals surface area contributed by atoms with Crippen LogP contribution in [-0.4, -0.2) is 15.7 Å². The first-order chi connectivity index (χ1) is 10.1. The van der Waals surface area contributed by atoms with Gasteiger partial charge in [0.15, 0.2) is 0 Å². The molecule has 1 aliphatic rings. The Bertz CT molecular complexity index is 648. The second-order valence-electron chi connectivity index (χ2n) is 5.49. The molecular formula is C16H18ClN3O. The van der Waals surface area contributed by atoms with Crippen molar-refractivity contribution in [1.82, 2.24) is 15.1 Å². The Morgan fingerprint density at radius 1 is 1.43 bits per heavy atom. The van der Waals surface area contributed by atoms with Gasteiger partial charge in [0.05, 0.1) is 18.7 Å². The van der Waals surface area contributed by atoms with E-state index in [1.54, 1.807) is 0 Å². The predicted octanol–water partition coefficient (Wildman–Crippen LogP) is 2.81. The van der Waals surface area contributed by atoms with Crippen molar-refractivity contribution >= 4 is 17.5 Å². The van der Waals surface area contributed by atoms with Crippen LogP contribution in [0.1, 0.15) is 35.7 Å². The summed E-state index contributed by atoms with van der Waals surface area (Å²) >= 11 is 5.85. The van der Waals surface area contributed by atoms with Crippen molar-refractivity contribution in [3.63, 3.8) is 0 Å². The zero-order valence-corrected chi connectivity index (χ0v) is 12.7. The van der Waals surface area contributed by atoms with E-state index in [1.807, 2.05) is 42.2 Å². The molecule has 2 aromatic rings. The van der Waals surface area contributed by atoms with Crippen LogP contribution in [0, 0.1) is 0 Å². The fourth-order valence-corrected chi connectivity index (χ4v) is 3.02. The molecule has 1 aromatic carbocycles. The van der Waals surface area contributed by atoms with Crippen LogP contribution in [0.25, 0.3) is 0 Å². The van der Waals surface area contributed by atoms with E-state index in [4.69, 9.17) is 11.6 Å². The number of aryl methyl sites for hydroxylation is 1. The summed E-state index contributed by atoms with van der Waals surface area (Å²) in [7, 11) is 1.96. The summed E-state index contributed by atoms with van der Waals surface area (Å²) in [4.78, 5) is 12.2. The first-order valence-corrected chi connectivity index (χ1v) is 7.56. The minimum absolute atomic E-state index is 0.0408. The van der Waals surface area contributed by atoms with Crippen molar-refractivity contribution < 1.29 is 4.79 Å². The van der Waals surface area contributed by atoms with Crippen molar-refractivity contribution in [3.8, 4) is 0 Å². The third-order valence-electron chi connectivity index (χ3n) is 3.99. The fraction of sp³-hybridized carbons (Fsp3) is 0.375. The average Bonchev–Trinajstić information content (AvgIpc) is 2.84. The Balaban J connectivity index is 1.67. The number of hydrogen-bond acceptors (Lipinski definition) is 2. The quantitative estimate of drug-likeness (QED) is 0.948. The number of fused-ring (bicyclic) bond motifs is 1. The number of benzene rings is 1. The van der Waals surface area contributed by atoms with Crippen molar-refractivity contribution in [2.24, 2.45) is 7.05 Å². The van der Waals surface area contributed by atoms with Gasteiger partial charge < -0.3 is 5.32 Å². The number of hydrogen-bond donors (Lipinski definition) is 1. The third kappa shape index (κ3) is 3.10. The van der Waals surface area contributed by atoms with Crippen LogP contribution in [0.3, 0.4) is 0 Å². The number of aromatic nitrogens is 2. The summed E-state index contributed by atoms with van der Waals surface area (Å²) < 4.78 is 1.91. The maximum atomic E-state index is 12.2. The van der Waals surface area contributed by atoms with Crippen LogP contribution in [0.2, 0.25) is 5.02 Å². The predicted molar refractivity (Wildman–Crippen MR) is 82.2 cm³/mol. The molecule has 1 atom stereocenters. The molecule has 110 valence electrons. The largest absolute Gasteiger partial charge is 0.349 e. The lowest BCUT2D eigenvalue weighted by Gasteiger charge is -2.23. The van der Waals surface area contributed by atoms with Crippen LogP contribution in [0.4, 0.5) is 0 Å². The van der Waals surface area contributed by atoms with Gasteiger partial charge in [-0.15, -0.1) is 0 Å². The van der Waals surface area contributed by atoms with Gasteiger partial charge in [0.1, 0.15) is 0 Å². The first-order valence-electron chi connectivity index (χ1n) is 7.18. The number of carbonyl (C=O) groups is 1. The standard InChI is InChI=1S/C16H18ClN3O/c1-20-15-4-2-3-14(13(15)10-18-20)19-16(21)9-11-5-7-12(17)8-6-11/h5-8,10,14H,2-4,9H2,1H3,(H,19,21)/t14-/m0/s1. The zero-order valence-electron chi connectivity index (χ0n) is 12.0. The molecule has 0 fully saturated rings. The summed E-state index contributed by atoms with van der Waals surface area (Å²) in [5.41, 5.74) is 3.37. The Hall–Kier alpha value is -1.81. The van der Waals surface area contributed by atoms with Crippen molar-refractivity contribution in [3.05, 3.63) is 52.3 Å². The highest BCUT2D eigenvalue weighted by molar-refractivity contribution is 6.30. The molecule has 0 bridgehead atoms. The summed E-state index contributed by atoms with van der Waals surface area (Å²) in [6.07, 6.45) is 5.35. The average molecular weight is 304 g/mol. The number of carbonyl (C=O) groups excluding carboxylic acids is 1. The van der Waals surface area contributed by atoms with Crippen molar-refractivity contribution in [2.45, 2.75) is 31.7 Å². The maximum Gasteiger partial charge on any atom is 0.224 e. The van der Waals surface area contributed by atoms with Gasteiger partial charge in [0.2, 0.25) is 5.91 Å². The van der Waals surface area contributed by atoms with Crippen LogP contribution < -0.4 is 5.32 Å². The number of amides is 1. The van der Waals surface area contributed by atoms with Crippen molar-refractivity contribution in [2.75, 3.05) is 0 Å². The highest BCUT2D eigenvalue weighted by atomic mass is 35.5. The molecule has 0 unspecified atom stereocenters. The molecule has 0 saturated heterocycles. The first kappa shape index (κ1) is 14.1. The van der Waals surface area contributed by atoms with E-state index in [9.17, 15) is 4.79 Å². The summed E-state index contributed by atoms with van der Waals surface area (Å²) in [6.45, 7) is 0. The van der Waals surface area contributed by atoms with Crippen molar-refractivity contribution in [1.29, 1.82) is 0 Å². The summed E-state index contributed by atoms with van der Waals surface area (Å²) in [5.74, 6) is 0.0408. The molecule has 1 amide bonds. The lowest BCUT2D eigenvalue weighted by molar-refractivity contribution is -0.121. The highest BCUT2D eigenvalue weighted by Gasteiger charge is 2.24. The lowest BCUT2D eigenvalue weighted by atomic mass is 9.93. The highest BCUT2D eigenvalue weighted by Crippen LogP contribution is 2.29. The molecule has 4 nitrogen and oxygen atoms in total. The molecule has 21 heavy (non-hydrogen) atoms. The van der Waals surface area contributed by atoms with E-state index < -0.39 is 0 Å². The van der Waals surface area contributed by atoms with Gasteiger partial charge in [-0.1, -0.05) is 23.7 Å². The topological polar surface area (TPSA) is 46.9 Å². The normalized spacial score (nSPS) is 17.3. The van der Waals surface area contributed by atoms with Gasteiger partial charge in [-0.2, -0.15) is 5.10 Å². The number of nitrogens with one attached hydrogen (secondary N) is 1. The fourth-order valence-electron chi connectivity index (χ4n) is 2.89. The van der Waals surface area contributed by atoms with E-state index in [-0.39, 0.29) is 11.9 Å². The molecule has 1 heterocycles. The molecule has 3 rings (SSSR count). The maximum absolute atomic E-state index is 12.2. The zero-order chi connectivity index (χ0) is 14.8. The Labute approximate surface area is 129 Å². The molecule has 5 heteroatoms. The van der Waals surface area contributed by atoms with Gasteiger partial charge in [-0.05, 0) is 37.0 Å². The molecule has 0 spiro atoms. The monoisotopic (exact) mass is 303 g/mol. The van der Waals surface area contributed by atoms with Crippen LogP contribution in [0.5, 0.6) is 0 Å². The lowest BCUT2D eigenvalue weighted by Crippen LogP contribution is -2.32. The SMILES string of the molecule is Cn1ncc2c1CCC[C@@H]2NC(=O)Cc1ccc(Cl)cc1. The minimum atomic E-state index is 0.0408. The molecular weight excluding hydrogens is 286 g/mol. The van der Waals surface area contributed by atoms with Gasteiger partial charge >= 0.3 is 0 Å². The van der Waals surface area contributed by atoms with E-state index in [0.29, 0.717) is 11.4 Å². The van der Waals surface area contributed by atoms with E-state index >= 15 is 0 Å².